The number of rotatable bonds is 8. The van der Waals surface area contributed by atoms with Crippen molar-refractivity contribution in [3.63, 3.8) is 0 Å². The van der Waals surface area contributed by atoms with Crippen molar-refractivity contribution < 1.29 is 33.2 Å². The second-order valence-electron chi connectivity index (χ2n) is 8.49. The summed E-state index contributed by atoms with van der Waals surface area (Å²) in [4.78, 5) is 13.0. The van der Waals surface area contributed by atoms with Gasteiger partial charge >= 0.3 is 0 Å². The molecule has 0 N–H and O–H groups in total. The molecule has 7 nitrogen and oxygen atoms in total. The molecule has 3 atom stereocenters. The van der Waals surface area contributed by atoms with Gasteiger partial charge in [-0.05, 0) is 44.4 Å². The standard InChI is InChI=1S/C25H30O7/c1-25(2)31-21-14-30-18(24(21)32-25)11-8-15-6-9-16(10-7-15)22(26)17-12-19(27-3)23(29-5)20(13-17)28-4/h6-7,9-10,12-13,18,21,24H,8,11,14H2,1-5H3/t18-,21-,24+/m1/s1. The third kappa shape index (κ3) is 4.46. The van der Waals surface area contributed by atoms with Gasteiger partial charge in [0.25, 0.3) is 0 Å². The summed E-state index contributed by atoms with van der Waals surface area (Å²) in [5, 5.41) is 0. The van der Waals surface area contributed by atoms with Crippen molar-refractivity contribution in [3.05, 3.63) is 53.1 Å². The van der Waals surface area contributed by atoms with Crippen molar-refractivity contribution in [1.82, 2.24) is 0 Å². The van der Waals surface area contributed by atoms with E-state index < -0.39 is 5.79 Å². The molecule has 2 aliphatic rings. The first-order valence-electron chi connectivity index (χ1n) is 10.8. The summed E-state index contributed by atoms with van der Waals surface area (Å²) in [6.07, 6.45) is 1.67. The Hall–Kier alpha value is -2.61. The summed E-state index contributed by atoms with van der Waals surface area (Å²) in [5.41, 5.74) is 2.20. The van der Waals surface area contributed by atoms with Crippen LogP contribution in [0.2, 0.25) is 0 Å². The van der Waals surface area contributed by atoms with Gasteiger partial charge in [0, 0.05) is 11.1 Å². The Morgan fingerprint density at radius 2 is 1.62 bits per heavy atom. The monoisotopic (exact) mass is 442 g/mol. The van der Waals surface area contributed by atoms with Crippen LogP contribution in [0.3, 0.4) is 0 Å². The van der Waals surface area contributed by atoms with Crippen molar-refractivity contribution in [2.45, 2.75) is 50.8 Å². The molecule has 2 aromatic rings. The molecule has 0 unspecified atom stereocenters. The lowest BCUT2D eigenvalue weighted by molar-refractivity contribution is -0.175. The number of hydrogen-bond acceptors (Lipinski definition) is 7. The van der Waals surface area contributed by atoms with Crippen LogP contribution in [-0.4, -0.2) is 57.8 Å². The third-order valence-corrected chi connectivity index (χ3v) is 5.92. The van der Waals surface area contributed by atoms with Crippen LogP contribution < -0.4 is 14.2 Å². The van der Waals surface area contributed by atoms with Crippen LogP contribution >= 0.6 is 0 Å². The quantitative estimate of drug-likeness (QED) is 0.576. The van der Waals surface area contributed by atoms with Crippen molar-refractivity contribution >= 4 is 5.78 Å². The van der Waals surface area contributed by atoms with E-state index in [1.54, 1.807) is 12.1 Å². The molecule has 172 valence electrons. The topological polar surface area (TPSA) is 72.5 Å². The van der Waals surface area contributed by atoms with Gasteiger partial charge in [0.1, 0.15) is 12.2 Å². The first-order valence-corrected chi connectivity index (χ1v) is 10.8. The number of fused-ring (bicyclic) bond motifs is 1. The van der Waals surface area contributed by atoms with Crippen molar-refractivity contribution in [2.75, 3.05) is 27.9 Å². The summed E-state index contributed by atoms with van der Waals surface area (Å²) < 4.78 is 33.8. The normalized spacial score (nSPS) is 23.6. The lowest BCUT2D eigenvalue weighted by Crippen LogP contribution is -2.29. The summed E-state index contributed by atoms with van der Waals surface area (Å²) in [5.74, 6) is 0.687. The van der Waals surface area contributed by atoms with Crippen molar-refractivity contribution in [2.24, 2.45) is 0 Å². The molecule has 2 heterocycles. The molecular formula is C25H30O7. The molecular weight excluding hydrogens is 412 g/mol. The molecule has 0 saturated carbocycles. The predicted octanol–water partition coefficient (Wildman–Crippen LogP) is 3.79. The molecule has 2 aromatic carbocycles. The molecule has 0 aromatic heterocycles. The molecule has 2 aliphatic heterocycles. The van der Waals surface area contributed by atoms with Crippen LogP contribution in [0.1, 0.15) is 41.8 Å². The average molecular weight is 443 g/mol. The maximum absolute atomic E-state index is 13.0. The second-order valence-corrected chi connectivity index (χ2v) is 8.49. The smallest absolute Gasteiger partial charge is 0.203 e. The highest BCUT2D eigenvalue weighted by Crippen LogP contribution is 2.39. The van der Waals surface area contributed by atoms with Crippen molar-refractivity contribution in [1.29, 1.82) is 0 Å². The maximum atomic E-state index is 13.0. The Balaban J connectivity index is 1.42. The highest BCUT2D eigenvalue weighted by atomic mass is 16.8. The number of hydrogen-bond donors (Lipinski definition) is 0. The molecule has 0 spiro atoms. The molecule has 0 amide bonds. The van der Waals surface area contributed by atoms with E-state index in [1.807, 2.05) is 38.1 Å². The minimum Gasteiger partial charge on any atom is -0.493 e. The fourth-order valence-electron chi connectivity index (χ4n) is 4.38. The number of benzene rings is 2. The largest absolute Gasteiger partial charge is 0.493 e. The third-order valence-electron chi connectivity index (χ3n) is 5.92. The summed E-state index contributed by atoms with van der Waals surface area (Å²) in [6, 6.07) is 11.0. The van der Waals surface area contributed by atoms with E-state index in [1.165, 1.54) is 21.3 Å². The van der Waals surface area contributed by atoms with E-state index in [-0.39, 0.29) is 24.1 Å². The minimum atomic E-state index is -0.549. The molecule has 7 heteroatoms. The van der Waals surface area contributed by atoms with Crippen LogP contribution in [-0.2, 0) is 20.6 Å². The molecule has 2 saturated heterocycles. The van der Waals surface area contributed by atoms with Gasteiger partial charge in [0.05, 0.1) is 34.0 Å². The SMILES string of the molecule is COc1cc(C(=O)c2ccc(CC[C@H]3OC[C@H]4OC(C)(C)O[C@@H]34)cc2)cc(OC)c1OC. The van der Waals surface area contributed by atoms with Crippen LogP contribution in [0.5, 0.6) is 17.2 Å². The Bertz CT molecular complexity index is 942. The number of ketones is 1. The maximum Gasteiger partial charge on any atom is 0.203 e. The first-order chi connectivity index (χ1) is 15.3. The Morgan fingerprint density at radius 1 is 0.969 bits per heavy atom. The molecule has 0 bridgehead atoms. The summed E-state index contributed by atoms with van der Waals surface area (Å²) >= 11 is 0. The second kappa shape index (κ2) is 9.10. The molecule has 32 heavy (non-hydrogen) atoms. The molecule has 0 aliphatic carbocycles. The molecule has 2 fully saturated rings. The van der Waals surface area contributed by atoms with Crippen molar-refractivity contribution in [3.8, 4) is 17.2 Å². The van der Waals surface area contributed by atoms with Gasteiger partial charge < -0.3 is 28.4 Å². The number of ether oxygens (including phenoxy) is 6. The Labute approximate surface area is 188 Å². The van der Waals surface area contributed by atoms with Crippen LogP contribution in [0.25, 0.3) is 0 Å². The van der Waals surface area contributed by atoms with Gasteiger partial charge in [-0.3, -0.25) is 4.79 Å². The highest BCUT2D eigenvalue weighted by Gasteiger charge is 2.49. The number of methoxy groups -OCH3 is 3. The fourth-order valence-corrected chi connectivity index (χ4v) is 4.38. The number of aryl methyl sites for hydroxylation is 1. The average Bonchev–Trinajstić information content (AvgIpc) is 3.31. The number of carbonyl (C=O) groups is 1. The van der Waals surface area contributed by atoms with E-state index >= 15 is 0 Å². The molecule has 4 rings (SSSR count). The molecule has 0 radical (unpaired) electrons. The van der Waals surface area contributed by atoms with E-state index in [0.717, 1.165) is 18.4 Å². The Morgan fingerprint density at radius 3 is 2.22 bits per heavy atom. The Kier molecular flexibility index (Phi) is 6.42. The highest BCUT2D eigenvalue weighted by molar-refractivity contribution is 6.09. The lowest BCUT2D eigenvalue weighted by atomic mass is 9.98. The van der Waals surface area contributed by atoms with Gasteiger partial charge in [0.15, 0.2) is 23.1 Å². The van der Waals surface area contributed by atoms with E-state index in [0.29, 0.717) is 35.0 Å². The van der Waals surface area contributed by atoms with E-state index in [2.05, 4.69) is 0 Å². The van der Waals surface area contributed by atoms with Gasteiger partial charge in [-0.15, -0.1) is 0 Å². The zero-order valence-corrected chi connectivity index (χ0v) is 19.2. The van der Waals surface area contributed by atoms with Crippen LogP contribution in [0.4, 0.5) is 0 Å². The van der Waals surface area contributed by atoms with Gasteiger partial charge in [-0.2, -0.15) is 0 Å². The zero-order chi connectivity index (χ0) is 22.9. The van der Waals surface area contributed by atoms with E-state index in [4.69, 9.17) is 28.4 Å². The lowest BCUT2D eigenvalue weighted by Gasteiger charge is -2.21. The first kappa shape index (κ1) is 22.6. The summed E-state index contributed by atoms with van der Waals surface area (Å²) in [7, 11) is 4.59. The van der Waals surface area contributed by atoms with E-state index in [9.17, 15) is 4.79 Å². The van der Waals surface area contributed by atoms with Gasteiger partial charge in [-0.1, -0.05) is 24.3 Å². The fraction of sp³-hybridized carbons (Fsp3) is 0.480. The van der Waals surface area contributed by atoms with Gasteiger partial charge in [-0.25, -0.2) is 0 Å². The minimum absolute atomic E-state index is 0.00785. The number of carbonyl (C=O) groups excluding carboxylic acids is 1. The zero-order valence-electron chi connectivity index (χ0n) is 19.2. The van der Waals surface area contributed by atoms with Gasteiger partial charge in [0.2, 0.25) is 5.75 Å². The van der Waals surface area contributed by atoms with Crippen LogP contribution in [0.15, 0.2) is 36.4 Å². The summed E-state index contributed by atoms with van der Waals surface area (Å²) in [6.45, 7) is 4.44. The predicted molar refractivity (Wildman–Crippen MR) is 118 cm³/mol. The van der Waals surface area contributed by atoms with Crippen LogP contribution in [0, 0.1) is 0 Å².